The van der Waals surface area contributed by atoms with Crippen LogP contribution < -0.4 is 10.6 Å². The van der Waals surface area contributed by atoms with Crippen molar-refractivity contribution < 1.29 is 9.90 Å². The lowest BCUT2D eigenvalue weighted by molar-refractivity contribution is 0.0876. The first-order valence-electron chi connectivity index (χ1n) is 5.55. The van der Waals surface area contributed by atoms with Gasteiger partial charge in [0.15, 0.2) is 0 Å². The maximum atomic E-state index is 11.7. The van der Waals surface area contributed by atoms with Crippen molar-refractivity contribution in [3.63, 3.8) is 0 Å². The second kappa shape index (κ2) is 7.24. The van der Waals surface area contributed by atoms with Crippen molar-refractivity contribution in [3.05, 3.63) is 28.2 Å². The van der Waals surface area contributed by atoms with E-state index >= 15 is 0 Å². The van der Waals surface area contributed by atoms with Gasteiger partial charge >= 0.3 is 6.03 Å². The highest BCUT2D eigenvalue weighted by Crippen LogP contribution is 2.22. The van der Waals surface area contributed by atoms with E-state index in [0.717, 1.165) is 0 Å². The maximum Gasteiger partial charge on any atom is 0.319 e. The molecule has 19 heavy (non-hydrogen) atoms. The molecule has 0 aromatic heterocycles. The SMILES string of the molecule is CSCC(C)(O)CNC(=O)Nc1cc(Cl)cc(Cl)c1. The van der Waals surface area contributed by atoms with Crippen LogP contribution in [0, 0.1) is 0 Å². The van der Waals surface area contributed by atoms with Crippen LogP contribution in [0.3, 0.4) is 0 Å². The van der Waals surface area contributed by atoms with Gasteiger partial charge in [-0.2, -0.15) is 11.8 Å². The summed E-state index contributed by atoms with van der Waals surface area (Å²) < 4.78 is 0. The highest BCUT2D eigenvalue weighted by molar-refractivity contribution is 7.98. The fraction of sp³-hybridized carbons (Fsp3) is 0.417. The van der Waals surface area contributed by atoms with Crippen molar-refractivity contribution in [2.75, 3.05) is 23.9 Å². The van der Waals surface area contributed by atoms with Crippen LogP contribution in [0.4, 0.5) is 10.5 Å². The van der Waals surface area contributed by atoms with Gasteiger partial charge in [-0.15, -0.1) is 0 Å². The quantitative estimate of drug-likeness (QED) is 0.780. The Labute approximate surface area is 126 Å². The third-order valence-corrected chi connectivity index (χ3v) is 3.55. The van der Waals surface area contributed by atoms with Gasteiger partial charge in [0.1, 0.15) is 0 Å². The molecule has 0 aliphatic rings. The molecule has 3 N–H and O–H groups in total. The van der Waals surface area contributed by atoms with Gasteiger partial charge in [-0.1, -0.05) is 23.2 Å². The Morgan fingerprint density at radius 3 is 2.47 bits per heavy atom. The van der Waals surface area contributed by atoms with Crippen LogP contribution in [0.1, 0.15) is 6.92 Å². The van der Waals surface area contributed by atoms with Gasteiger partial charge in [-0.3, -0.25) is 0 Å². The summed E-state index contributed by atoms with van der Waals surface area (Å²) in [5, 5.41) is 16.0. The summed E-state index contributed by atoms with van der Waals surface area (Å²) in [6.45, 7) is 1.83. The number of rotatable bonds is 5. The second-order valence-corrected chi connectivity index (χ2v) is 6.13. The van der Waals surface area contributed by atoms with E-state index in [1.54, 1.807) is 25.1 Å². The van der Waals surface area contributed by atoms with E-state index in [1.807, 2.05) is 6.26 Å². The standard InChI is InChI=1S/C12H16Cl2N2O2S/c1-12(18,7-19-2)6-15-11(17)16-10-4-8(13)3-9(14)5-10/h3-5,18H,6-7H2,1-2H3,(H2,15,16,17). The number of anilines is 1. The molecule has 0 bridgehead atoms. The van der Waals surface area contributed by atoms with Crippen molar-refractivity contribution in [3.8, 4) is 0 Å². The van der Waals surface area contributed by atoms with Crippen LogP contribution in [0.25, 0.3) is 0 Å². The largest absolute Gasteiger partial charge is 0.387 e. The fourth-order valence-electron chi connectivity index (χ4n) is 1.43. The van der Waals surface area contributed by atoms with Crippen molar-refractivity contribution >= 4 is 46.7 Å². The minimum absolute atomic E-state index is 0.161. The molecule has 0 heterocycles. The van der Waals surface area contributed by atoms with Crippen LogP contribution >= 0.6 is 35.0 Å². The van der Waals surface area contributed by atoms with E-state index in [2.05, 4.69) is 10.6 Å². The van der Waals surface area contributed by atoms with Gasteiger partial charge in [0.05, 0.1) is 5.60 Å². The number of halogens is 2. The monoisotopic (exact) mass is 322 g/mol. The first-order valence-corrected chi connectivity index (χ1v) is 7.70. The van der Waals surface area contributed by atoms with Crippen LogP contribution in [-0.2, 0) is 0 Å². The third-order valence-electron chi connectivity index (χ3n) is 2.21. The molecule has 1 rings (SSSR count). The minimum atomic E-state index is -0.942. The first kappa shape index (κ1) is 16.4. The minimum Gasteiger partial charge on any atom is -0.387 e. The molecule has 1 aromatic rings. The van der Waals surface area contributed by atoms with Crippen LogP contribution in [0.5, 0.6) is 0 Å². The van der Waals surface area contributed by atoms with Gasteiger partial charge in [-0.25, -0.2) is 4.79 Å². The zero-order chi connectivity index (χ0) is 14.5. The van der Waals surface area contributed by atoms with E-state index in [0.29, 0.717) is 21.5 Å². The molecule has 106 valence electrons. The molecule has 1 aromatic carbocycles. The summed E-state index contributed by atoms with van der Waals surface area (Å²) in [5.41, 5.74) is -0.442. The predicted molar refractivity (Wildman–Crippen MR) is 82.5 cm³/mol. The molecule has 7 heteroatoms. The summed E-state index contributed by atoms with van der Waals surface area (Å²) in [6, 6.07) is 4.34. The van der Waals surface area contributed by atoms with Gasteiger partial charge in [0, 0.05) is 28.0 Å². The molecular formula is C12H16Cl2N2O2S. The van der Waals surface area contributed by atoms with E-state index in [4.69, 9.17) is 23.2 Å². The zero-order valence-electron chi connectivity index (χ0n) is 10.7. The van der Waals surface area contributed by atoms with Gasteiger partial charge in [-0.05, 0) is 31.4 Å². The Kier molecular flexibility index (Phi) is 6.26. The summed E-state index contributed by atoms with van der Waals surface area (Å²) in [5.74, 6) is 0.538. The summed E-state index contributed by atoms with van der Waals surface area (Å²) in [6.07, 6.45) is 1.89. The lowest BCUT2D eigenvalue weighted by Gasteiger charge is -2.22. The molecule has 0 radical (unpaired) electrons. The molecular weight excluding hydrogens is 307 g/mol. The van der Waals surface area contributed by atoms with Crippen molar-refractivity contribution in [1.82, 2.24) is 5.32 Å². The molecule has 0 fully saturated rings. The van der Waals surface area contributed by atoms with E-state index < -0.39 is 11.6 Å². The van der Waals surface area contributed by atoms with E-state index in [9.17, 15) is 9.90 Å². The van der Waals surface area contributed by atoms with Crippen LogP contribution in [0.2, 0.25) is 10.0 Å². The number of urea groups is 1. The topological polar surface area (TPSA) is 61.4 Å². The zero-order valence-corrected chi connectivity index (χ0v) is 13.0. The molecule has 0 saturated heterocycles. The lowest BCUT2D eigenvalue weighted by atomic mass is 10.1. The smallest absolute Gasteiger partial charge is 0.319 e. The van der Waals surface area contributed by atoms with Crippen LogP contribution in [0.15, 0.2) is 18.2 Å². The highest BCUT2D eigenvalue weighted by atomic mass is 35.5. The number of benzene rings is 1. The maximum absolute atomic E-state index is 11.7. The number of nitrogens with one attached hydrogen (secondary N) is 2. The average molecular weight is 323 g/mol. The lowest BCUT2D eigenvalue weighted by Crippen LogP contribution is -2.43. The van der Waals surface area contributed by atoms with Gasteiger partial charge in [0.2, 0.25) is 0 Å². The number of hydrogen-bond donors (Lipinski definition) is 3. The normalized spacial score (nSPS) is 13.7. The third kappa shape index (κ3) is 6.38. The van der Waals surface area contributed by atoms with Gasteiger partial charge in [0.25, 0.3) is 0 Å². The fourth-order valence-corrected chi connectivity index (χ4v) is 2.68. The molecule has 2 amide bonds. The Bertz CT molecular complexity index is 435. The number of thioether (sulfide) groups is 1. The van der Waals surface area contributed by atoms with Crippen LogP contribution in [-0.4, -0.2) is 35.3 Å². The molecule has 4 nitrogen and oxygen atoms in total. The van der Waals surface area contributed by atoms with E-state index in [-0.39, 0.29) is 6.54 Å². The molecule has 0 aliphatic carbocycles. The molecule has 1 unspecified atom stereocenters. The summed E-state index contributed by atoms with van der Waals surface area (Å²) >= 11 is 13.2. The van der Waals surface area contributed by atoms with Crippen molar-refractivity contribution in [1.29, 1.82) is 0 Å². The Balaban J connectivity index is 2.51. The number of amides is 2. The summed E-state index contributed by atoms with van der Waals surface area (Å²) in [4.78, 5) is 11.7. The molecule has 0 aliphatic heterocycles. The first-order chi connectivity index (χ1) is 8.82. The van der Waals surface area contributed by atoms with E-state index in [1.165, 1.54) is 11.8 Å². The molecule has 1 atom stereocenters. The second-order valence-electron chi connectivity index (χ2n) is 4.40. The van der Waals surface area contributed by atoms with Gasteiger partial charge < -0.3 is 15.7 Å². The predicted octanol–water partition coefficient (Wildman–Crippen LogP) is 3.23. The highest BCUT2D eigenvalue weighted by Gasteiger charge is 2.20. The van der Waals surface area contributed by atoms with Crippen molar-refractivity contribution in [2.24, 2.45) is 0 Å². The van der Waals surface area contributed by atoms with Crippen molar-refractivity contribution in [2.45, 2.75) is 12.5 Å². The number of carbonyl (C=O) groups is 1. The number of aliphatic hydroxyl groups is 1. The summed E-state index contributed by atoms with van der Waals surface area (Å²) in [7, 11) is 0. The molecule has 0 spiro atoms. The number of hydrogen-bond acceptors (Lipinski definition) is 3. The Morgan fingerprint density at radius 2 is 1.95 bits per heavy atom. The number of carbonyl (C=O) groups excluding carboxylic acids is 1. The average Bonchev–Trinajstić information content (AvgIpc) is 2.25. The Hall–Kier alpha value is -0.620. The Morgan fingerprint density at radius 1 is 1.37 bits per heavy atom. The molecule has 0 saturated carbocycles.